The van der Waals surface area contributed by atoms with E-state index in [2.05, 4.69) is 0 Å². The van der Waals surface area contributed by atoms with Gasteiger partial charge in [-0.1, -0.05) is 8.41 Å². The first-order chi connectivity index (χ1) is 1.00. The Hall–Kier alpha value is 0.710. The van der Waals surface area contributed by atoms with Gasteiger partial charge < -0.3 is 11.5 Å². The molecule has 0 spiro atoms. The van der Waals surface area contributed by atoms with Crippen molar-refractivity contribution in [2.24, 2.45) is 0 Å². The molecule has 0 aliphatic heterocycles. The molecule has 0 aromatic rings. The molecular weight excluding hydrogens is 92.5 g/mol. The van der Waals surface area contributed by atoms with Crippen LogP contribution in [0, 0.1) is 12.4 Å². The van der Waals surface area contributed by atoms with Gasteiger partial charge >= 0.3 is 12.4 Å². The van der Waals surface area contributed by atoms with E-state index in [1.165, 1.54) is 0 Å². The second-order valence-electron chi connectivity index (χ2n) is 0. The predicted octanol–water partition coefficient (Wildman–Crippen LogP) is -1.95. The molecule has 0 fully saturated rings. The number of halogens is 2. The van der Waals surface area contributed by atoms with E-state index in [-0.39, 0.29) is 28.1 Å². The van der Waals surface area contributed by atoms with Crippen LogP contribution >= 0.6 is 11.5 Å². The number of rotatable bonds is 0. The van der Waals surface area contributed by atoms with Crippen LogP contribution in [0.2, 0.25) is 0 Å². The van der Waals surface area contributed by atoms with E-state index in [9.17, 15) is 0 Å². The van der Waals surface area contributed by atoms with Gasteiger partial charge in [0.1, 0.15) is 0 Å². The smallest absolute Gasteiger partial charge is 0.404 e. The fraction of sp³-hybridized carbons (Fsp3) is 0. The predicted molar refractivity (Wildman–Crippen MR) is 27.1 cm³/mol. The molecule has 0 N–H and O–H groups in total. The van der Waals surface area contributed by atoms with E-state index in [1.807, 2.05) is 0 Å². The normalized spacial score (nSPS) is 1.50. The summed E-state index contributed by atoms with van der Waals surface area (Å²) < 4.78 is 0. The van der Waals surface area contributed by atoms with Crippen LogP contribution in [0.4, 0.5) is 0 Å². The first-order valence-corrected chi connectivity index (χ1v) is 0. The van der Waals surface area contributed by atoms with Crippen molar-refractivity contribution in [2.45, 2.75) is 0 Å². The van der Waals surface area contributed by atoms with Gasteiger partial charge in [0.2, 0.25) is 0 Å². The summed E-state index contributed by atoms with van der Waals surface area (Å²) in [7, 11) is 0.222. The zero-order valence-corrected chi connectivity index (χ0v) is 2.27. The number of hydrogen-bond acceptors (Lipinski definition) is 0. The minimum Gasteiger partial charge on any atom is -0.404 e. The molecule has 3 radical (unpaired) electrons. The average molecular weight is 99.6 g/mol. The molecule has 0 nitrogen and oxygen atoms in total. The molecule has 0 aromatic heterocycles. The fourth-order valence-electron chi connectivity index (χ4n) is 0. The van der Waals surface area contributed by atoms with Crippen molar-refractivity contribution in [3.8, 4) is 0 Å². The Labute approximate surface area is 40.2 Å². The molecule has 0 saturated heterocycles. The lowest BCUT2D eigenvalue weighted by atomic mass is 10.8. The van der Waals surface area contributed by atoms with Crippen molar-refractivity contribution in [3.63, 3.8) is 0 Å². The van der Waals surface area contributed by atoms with Gasteiger partial charge in [-0.05, 0) is 0 Å². The Bertz CT molecular complexity index is 4.00. The van der Waals surface area contributed by atoms with Crippen LogP contribution in [0.3, 0.4) is 0 Å². The van der Waals surface area contributed by atoms with Crippen LogP contribution in [-0.2, 0) is 0 Å². The van der Waals surface area contributed by atoms with Gasteiger partial charge in [0.25, 0.3) is 0 Å². The quantitative estimate of drug-likeness (QED) is 0.310. The van der Waals surface area contributed by atoms with E-state index in [4.69, 9.17) is 11.5 Å². The Balaban J connectivity index is -0.00000000500. The average Bonchev–Trinajstić information content (AvgIpc) is 1.00. The summed E-state index contributed by atoms with van der Waals surface area (Å²) in [5.74, 6) is 0. The van der Waals surface area contributed by atoms with Crippen LogP contribution in [0.1, 0.15) is 0 Å². The Morgan fingerprint density at radius 2 is 1.25 bits per heavy atom. The highest BCUT2D eigenvalue weighted by Crippen LogP contribution is 1.29. The Morgan fingerprint density at radius 1 is 1.25 bits per heavy atom. The van der Waals surface area contributed by atoms with E-state index in [0.717, 1.165) is 0 Å². The topological polar surface area (TPSA) is 0 Å². The summed E-state index contributed by atoms with van der Waals surface area (Å²) in [6.45, 7) is 0. The number of hydrogen-bond donors (Lipinski definition) is 0. The Kier molecular flexibility index (Phi) is 300. The molecule has 4 heavy (non-hydrogen) atoms. The van der Waals surface area contributed by atoms with Crippen molar-refractivity contribution in [1.29, 1.82) is 0 Å². The van der Waals surface area contributed by atoms with E-state index >= 15 is 0 Å². The third kappa shape index (κ3) is 15.7. The first-order valence-electron chi connectivity index (χ1n) is 0. The minimum absolute atomic E-state index is 0. The van der Waals surface area contributed by atoms with Gasteiger partial charge in [0.05, 0.1) is 0 Å². The van der Waals surface area contributed by atoms with E-state index in [0.29, 0.717) is 0 Å². The van der Waals surface area contributed by atoms with Crippen molar-refractivity contribution in [3.05, 3.63) is 0 Å². The monoisotopic (exact) mass is 99.0 g/mol. The zero-order chi connectivity index (χ0) is 2.00. The van der Waals surface area contributed by atoms with Gasteiger partial charge in [-0.3, -0.25) is 0 Å². The van der Waals surface area contributed by atoms with E-state index in [1.54, 1.807) is 0 Å². The van der Waals surface area contributed by atoms with Crippen LogP contribution in [-0.4, -0.2) is 15.7 Å². The second kappa shape index (κ2) is 54.1. The highest BCUT2D eigenvalue weighted by molar-refractivity contribution is 6.80. The molecule has 0 rings (SSSR count). The van der Waals surface area contributed by atoms with Crippen LogP contribution in [0.5, 0.6) is 0 Å². The van der Waals surface area contributed by atoms with Crippen LogP contribution in [0.25, 0.3) is 0 Å². The summed E-state index contributed by atoms with van der Waals surface area (Å²) in [6.07, 6.45) is 0. The molecule has 0 amide bonds. The summed E-state index contributed by atoms with van der Waals surface area (Å²) >= 11 is 4.89. The van der Waals surface area contributed by atoms with Crippen molar-refractivity contribution in [2.75, 3.05) is 0 Å². The SMILES string of the molecule is [BH3-]Cl.[BH4-].[Cl+2]. The maximum Gasteiger partial charge on any atom is 2.00 e. The fourth-order valence-corrected chi connectivity index (χ4v) is 0. The highest BCUT2D eigenvalue weighted by Gasteiger charge is 2.00. The summed E-state index contributed by atoms with van der Waals surface area (Å²) in [6, 6.07) is 0. The first kappa shape index (κ1) is 22.2. The van der Waals surface area contributed by atoms with Crippen LogP contribution < -0.4 is 0 Å². The van der Waals surface area contributed by atoms with E-state index < -0.39 is 0 Å². The maximum atomic E-state index is 4.89. The standard InChI is InChI=1S/BClH3.BH4.Cl/c1-2;;/h1H3;1H4;/q2*-1;+2. The van der Waals surface area contributed by atoms with Crippen molar-refractivity contribution < 1.29 is 12.4 Å². The highest BCUT2D eigenvalue weighted by atomic mass is 35.5. The van der Waals surface area contributed by atoms with Gasteiger partial charge in [0.15, 0.2) is 0 Å². The third-order valence-electron chi connectivity index (χ3n) is 0. The summed E-state index contributed by atoms with van der Waals surface area (Å²) in [5.41, 5.74) is 0. The molecule has 0 saturated carbocycles. The largest absolute Gasteiger partial charge is 2.00 e. The molecule has 0 aliphatic rings. The third-order valence-corrected chi connectivity index (χ3v) is 0. The van der Waals surface area contributed by atoms with Crippen LogP contribution in [0.15, 0.2) is 0 Å². The zero-order valence-electron chi connectivity index (χ0n) is 0.756. The molecule has 27 valence electrons. The lowest BCUT2D eigenvalue weighted by molar-refractivity contribution is -0.000000468. The van der Waals surface area contributed by atoms with Gasteiger partial charge in [-0.25, -0.2) is 0 Å². The molecule has 0 aromatic carbocycles. The lowest BCUT2D eigenvalue weighted by Crippen LogP contribution is -0.980. The minimum atomic E-state index is 0. The van der Waals surface area contributed by atoms with Gasteiger partial charge in [-0.15, -0.1) is 0 Å². The molecule has 0 atom stereocenters. The lowest BCUT2D eigenvalue weighted by Gasteiger charge is -1.21. The Morgan fingerprint density at radius 3 is 1.25 bits per heavy atom. The van der Waals surface area contributed by atoms with Gasteiger partial charge in [-0.2, -0.15) is 0 Å². The summed E-state index contributed by atoms with van der Waals surface area (Å²) in [4.78, 5) is 0. The molecule has 0 heterocycles. The van der Waals surface area contributed by atoms with Crippen molar-refractivity contribution in [1.82, 2.24) is 0 Å². The molecular formula is H7B2Cl2. The summed E-state index contributed by atoms with van der Waals surface area (Å²) in [5, 5.41) is 0. The molecule has 0 aliphatic carbocycles. The second-order valence-corrected chi connectivity index (χ2v) is 0. The molecule has 0 bridgehead atoms. The van der Waals surface area contributed by atoms with Gasteiger partial charge in [0, 0.05) is 7.26 Å². The molecule has 4 heteroatoms. The maximum absolute atomic E-state index is 4.89. The van der Waals surface area contributed by atoms with Crippen molar-refractivity contribution >= 4 is 27.1 Å². The molecule has 0 unspecified atom stereocenters.